The van der Waals surface area contributed by atoms with Crippen LogP contribution in [0.2, 0.25) is 0 Å². The fourth-order valence-corrected chi connectivity index (χ4v) is 6.11. The summed E-state index contributed by atoms with van der Waals surface area (Å²) in [6, 6.07) is 19.4. The van der Waals surface area contributed by atoms with Gasteiger partial charge in [0.05, 0.1) is 17.8 Å². The summed E-state index contributed by atoms with van der Waals surface area (Å²) >= 11 is 0. The number of likely N-dealkylation sites (N-methyl/N-ethyl adjacent to an activating group) is 1. The maximum absolute atomic E-state index is 13.9. The van der Waals surface area contributed by atoms with Crippen molar-refractivity contribution in [2.75, 3.05) is 38.3 Å². The van der Waals surface area contributed by atoms with Crippen molar-refractivity contribution in [3.05, 3.63) is 101 Å². The van der Waals surface area contributed by atoms with Gasteiger partial charge in [0.1, 0.15) is 11.6 Å². The second kappa shape index (κ2) is 12.1. The Balaban J connectivity index is 1.34. The number of halogens is 6. The average molecular weight is 619 g/mol. The largest absolute Gasteiger partial charge is 0.416 e. The molecule has 12 heteroatoms. The minimum Gasteiger partial charge on any atom is -0.344 e. The molecular weight excluding hydrogens is 586 g/mol. The molecule has 2 aliphatic rings. The summed E-state index contributed by atoms with van der Waals surface area (Å²) in [5.74, 6) is -0.411. The van der Waals surface area contributed by atoms with Crippen molar-refractivity contribution in [1.82, 2.24) is 15.1 Å². The second-order valence-corrected chi connectivity index (χ2v) is 11.2. The fraction of sp³-hybridized carbons (Fsp3) is 0.375. The van der Waals surface area contributed by atoms with E-state index < -0.39 is 35.1 Å². The molecule has 1 unspecified atom stereocenters. The van der Waals surface area contributed by atoms with Gasteiger partial charge < -0.3 is 15.1 Å². The van der Waals surface area contributed by atoms with Gasteiger partial charge in [-0.3, -0.25) is 14.5 Å². The van der Waals surface area contributed by atoms with Crippen LogP contribution >= 0.6 is 0 Å². The molecule has 2 fully saturated rings. The first-order chi connectivity index (χ1) is 20.8. The number of carbonyl (C=O) groups is 2. The van der Waals surface area contributed by atoms with E-state index in [1.54, 1.807) is 12.1 Å². The van der Waals surface area contributed by atoms with Gasteiger partial charge in [-0.2, -0.15) is 26.3 Å². The Morgan fingerprint density at radius 3 is 1.98 bits per heavy atom. The van der Waals surface area contributed by atoms with Crippen LogP contribution in [0.25, 0.3) is 0 Å². The van der Waals surface area contributed by atoms with E-state index >= 15 is 0 Å². The Labute approximate surface area is 251 Å². The predicted octanol–water partition coefficient (Wildman–Crippen LogP) is 5.89. The zero-order valence-corrected chi connectivity index (χ0v) is 24.0. The zero-order chi connectivity index (χ0) is 31.7. The number of rotatable bonds is 7. The summed E-state index contributed by atoms with van der Waals surface area (Å²) in [6.45, 7) is 1.11. The summed E-state index contributed by atoms with van der Waals surface area (Å²) in [4.78, 5) is 32.4. The molecule has 1 atom stereocenters. The minimum absolute atomic E-state index is 0.0694. The van der Waals surface area contributed by atoms with Gasteiger partial charge in [0.25, 0.3) is 0 Å². The van der Waals surface area contributed by atoms with E-state index in [-0.39, 0.29) is 36.4 Å². The van der Waals surface area contributed by atoms with Gasteiger partial charge in [-0.25, -0.2) is 0 Å². The third kappa shape index (κ3) is 6.40. The highest BCUT2D eigenvalue weighted by Crippen LogP contribution is 2.39. The van der Waals surface area contributed by atoms with Gasteiger partial charge in [0, 0.05) is 32.4 Å². The number of likely N-dealkylation sites (tertiary alicyclic amines) is 1. The fourth-order valence-electron chi connectivity index (χ4n) is 6.11. The lowest BCUT2D eigenvalue weighted by molar-refractivity contribution is -0.143. The third-order valence-corrected chi connectivity index (χ3v) is 8.50. The van der Waals surface area contributed by atoms with E-state index in [0.717, 1.165) is 5.69 Å². The number of hydrogen-bond acceptors (Lipinski definition) is 4. The van der Waals surface area contributed by atoms with Crippen molar-refractivity contribution >= 4 is 17.5 Å². The molecule has 2 aliphatic heterocycles. The first-order valence-electron chi connectivity index (χ1n) is 14.2. The number of anilines is 1. The standard InChI is InChI=1S/C32H32F6N4O2/c1-40(15-12-22-18-24(31(33,34)35)20-25(19-22)32(36,37)38)28(43)27(23-8-4-2-5-9-23)41-16-13-30(14-17-41)29(44)39-21-42(30)26-10-6-3-7-11-26/h2-11,18-20,27H,12-17,21H2,1H3,(H,39,44). The normalized spacial score (nSPS) is 17.9. The molecule has 0 aliphatic carbocycles. The van der Waals surface area contributed by atoms with E-state index in [1.807, 2.05) is 53.4 Å². The monoisotopic (exact) mass is 618 g/mol. The summed E-state index contributed by atoms with van der Waals surface area (Å²) in [7, 11) is 1.49. The Kier molecular flexibility index (Phi) is 8.66. The van der Waals surface area contributed by atoms with Gasteiger partial charge in [0.2, 0.25) is 11.8 Å². The topological polar surface area (TPSA) is 55.9 Å². The van der Waals surface area contributed by atoms with Crippen LogP contribution in [0, 0.1) is 0 Å². The van der Waals surface area contributed by atoms with E-state index in [1.165, 1.54) is 11.9 Å². The molecule has 0 saturated carbocycles. The van der Waals surface area contributed by atoms with E-state index in [2.05, 4.69) is 10.2 Å². The van der Waals surface area contributed by atoms with Crippen LogP contribution in [0.4, 0.5) is 32.0 Å². The summed E-state index contributed by atoms with van der Waals surface area (Å²) in [5, 5.41) is 2.96. The van der Waals surface area contributed by atoms with Crippen molar-refractivity contribution in [3.8, 4) is 0 Å². The Bertz CT molecular complexity index is 1440. The van der Waals surface area contributed by atoms with Gasteiger partial charge in [-0.05, 0) is 60.7 Å². The quantitative estimate of drug-likeness (QED) is 0.336. The highest BCUT2D eigenvalue weighted by molar-refractivity contribution is 5.93. The molecule has 2 saturated heterocycles. The number of alkyl halides is 6. The molecular formula is C32H32F6N4O2. The van der Waals surface area contributed by atoms with Gasteiger partial charge >= 0.3 is 12.4 Å². The number of nitrogens with zero attached hydrogens (tertiary/aromatic N) is 3. The highest BCUT2D eigenvalue weighted by atomic mass is 19.4. The number of benzene rings is 3. The predicted molar refractivity (Wildman–Crippen MR) is 152 cm³/mol. The highest BCUT2D eigenvalue weighted by Gasteiger charge is 2.51. The molecule has 3 aromatic rings. The average Bonchev–Trinajstić information content (AvgIpc) is 3.31. The van der Waals surface area contributed by atoms with Crippen LogP contribution in [0.1, 0.15) is 41.1 Å². The maximum atomic E-state index is 13.9. The first-order valence-corrected chi connectivity index (χ1v) is 14.2. The van der Waals surface area contributed by atoms with Gasteiger partial charge in [-0.15, -0.1) is 0 Å². The van der Waals surface area contributed by atoms with Crippen molar-refractivity contribution in [1.29, 1.82) is 0 Å². The molecule has 6 nitrogen and oxygen atoms in total. The number of para-hydroxylation sites is 1. The smallest absolute Gasteiger partial charge is 0.344 e. The van der Waals surface area contributed by atoms with Gasteiger partial charge in [0.15, 0.2) is 0 Å². The third-order valence-electron chi connectivity index (χ3n) is 8.50. The van der Waals surface area contributed by atoms with Crippen molar-refractivity contribution < 1.29 is 35.9 Å². The van der Waals surface area contributed by atoms with E-state index in [0.29, 0.717) is 50.3 Å². The number of nitrogens with one attached hydrogen (secondary N) is 1. The lowest BCUT2D eigenvalue weighted by atomic mass is 9.84. The minimum atomic E-state index is -4.95. The summed E-state index contributed by atoms with van der Waals surface area (Å²) in [6.07, 6.45) is -9.19. The van der Waals surface area contributed by atoms with Crippen molar-refractivity contribution in [2.45, 2.75) is 43.2 Å². The molecule has 44 heavy (non-hydrogen) atoms. The van der Waals surface area contributed by atoms with E-state index in [9.17, 15) is 35.9 Å². The molecule has 3 aromatic carbocycles. The van der Waals surface area contributed by atoms with Crippen LogP contribution in [0.15, 0.2) is 78.9 Å². The molecule has 5 rings (SSSR count). The Hall–Kier alpha value is -4.06. The molecule has 0 bridgehead atoms. The number of amides is 2. The van der Waals surface area contributed by atoms with Crippen molar-refractivity contribution in [3.63, 3.8) is 0 Å². The molecule has 234 valence electrons. The number of piperidine rings is 1. The number of carbonyl (C=O) groups excluding carboxylic acids is 2. The SMILES string of the molecule is CN(CCc1cc(C(F)(F)F)cc(C(F)(F)F)c1)C(=O)C(c1ccccc1)N1CCC2(CC1)C(=O)NCN2c1ccccc1. The van der Waals surface area contributed by atoms with E-state index in [4.69, 9.17) is 0 Å². The number of hydrogen-bond donors (Lipinski definition) is 1. The zero-order valence-electron chi connectivity index (χ0n) is 24.0. The van der Waals surface area contributed by atoms with Crippen LogP contribution in [0.5, 0.6) is 0 Å². The molecule has 2 amide bonds. The maximum Gasteiger partial charge on any atom is 0.416 e. The lowest BCUT2D eigenvalue weighted by Crippen LogP contribution is -2.58. The molecule has 0 radical (unpaired) electrons. The Morgan fingerprint density at radius 1 is 0.886 bits per heavy atom. The first kappa shape index (κ1) is 31.4. The Morgan fingerprint density at radius 2 is 1.43 bits per heavy atom. The lowest BCUT2D eigenvalue weighted by Gasteiger charge is -2.45. The van der Waals surface area contributed by atoms with Crippen LogP contribution in [-0.4, -0.2) is 60.5 Å². The molecule has 2 heterocycles. The summed E-state index contributed by atoms with van der Waals surface area (Å²) < 4.78 is 80.1. The van der Waals surface area contributed by atoms with Crippen LogP contribution < -0.4 is 10.2 Å². The van der Waals surface area contributed by atoms with Crippen molar-refractivity contribution in [2.24, 2.45) is 0 Å². The van der Waals surface area contributed by atoms with Gasteiger partial charge in [-0.1, -0.05) is 48.5 Å². The molecule has 1 N–H and O–H groups in total. The molecule has 0 aromatic heterocycles. The molecule has 1 spiro atoms. The van der Waals surface area contributed by atoms with Crippen LogP contribution in [0.3, 0.4) is 0 Å². The van der Waals surface area contributed by atoms with Crippen LogP contribution in [-0.2, 0) is 28.4 Å². The second-order valence-electron chi connectivity index (χ2n) is 11.2. The summed E-state index contributed by atoms with van der Waals surface area (Å²) in [5.41, 5.74) is -2.10.